The summed E-state index contributed by atoms with van der Waals surface area (Å²) in [6.45, 7) is 2.61. The van der Waals surface area contributed by atoms with Crippen LogP contribution in [0, 0.1) is 0 Å². The molecule has 1 aliphatic rings. The van der Waals surface area contributed by atoms with E-state index >= 15 is 0 Å². The van der Waals surface area contributed by atoms with Crippen LogP contribution in [0.5, 0.6) is 0 Å². The van der Waals surface area contributed by atoms with Crippen LogP contribution in [0.1, 0.15) is 18.4 Å². The van der Waals surface area contributed by atoms with Crippen LogP contribution < -0.4 is 5.73 Å². The molecule has 0 radical (unpaired) electrons. The number of hydrogen-bond donors (Lipinski definition) is 1. The molecule has 1 saturated heterocycles. The summed E-state index contributed by atoms with van der Waals surface area (Å²) in [6.07, 6.45) is 3.95. The van der Waals surface area contributed by atoms with Crippen LogP contribution in [-0.2, 0) is 11.3 Å². The lowest BCUT2D eigenvalue weighted by Crippen LogP contribution is -2.36. The molecule has 0 aliphatic carbocycles. The van der Waals surface area contributed by atoms with E-state index in [9.17, 15) is 0 Å². The van der Waals surface area contributed by atoms with E-state index in [2.05, 4.69) is 16.9 Å². The molecular formula is C12H19N3O. The van der Waals surface area contributed by atoms with Gasteiger partial charge in [-0.25, -0.2) is 4.98 Å². The smallest absolute Gasteiger partial charge is 0.127 e. The molecule has 16 heavy (non-hydrogen) atoms. The van der Waals surface area contributed by atoms with Gasteiger partial charge < -0.3 is 10.5 Å². The van der Waals surface area contributed by atoms with Gasteiger partial charge in [-0.15, -0.1) is 0 Å². The maximum atomic E-state index is 5.84. The highest BCUT2D eigenvalue weighted by Gasteiger charge is 2.18. The fourth-order valence-corrected chi connectivity index (χ4v) is 2.11. The Morgan fingerprint density at radius 1 is 1.50 bits per heavy atom. The van der Waals surface area contributed by atoms with Gasteiger partial charge in [0.05, 0.1) is 0 Å². The van der Waals surface area contributed by atoms with Gasteiger partial charge in [-0.2, -0.15) is 0 Å². The number of pyridine rings is 1. The zero-order valence-electron chi connectivity index (χ0n) is 9.72. The van der Waals surface area contributed by atoms with Crippen LogP contribution in [0.4, 0.5) is 5.82 Å². The Balaban J connectivity index is 1.96. The number of hydrogen-bond acceptors (Lipinski definition) is 4. The number of nitrogens with two attached hydrogens (primary N) is 1. The molecule has 1 aromatic rings. The van der Waals surface area contributed by atoms with Crippen molar-refractivity contribution in [3.8, 4) is 0 Å². The SMILES string of the molecule is CN(Cc1cccnc1N)C1CCOCC1. The molecule has 1 fully saturated rings. The molecule has 0 unspecified atom stereocenters. The lowest BCUT2D eigenvalue weighted by molar-refractivity contribution is 0.0407. The summed E-state index contributed by atoms with van der Waals surface area (Å²) < 4.78 is 5.36. The van der Waals surface area contributed by atoms with Crippen molar-refractivity contribution in [2.45, 2.75) is 25.4 Å². The zero-order chi connectivity index (χ0) is 11.4. The second-order valence-corrected chi connectivity index (χ2v) is 4.31. The minimum absolute atomic E-state index is 0.605. The van der Waals surface area contributed by atoms with Crippen molar-refractivity contribution in [3.63, 3.8) is 0 Å². The minimum atomic E-state index is 0.605. The number of nitrogens with zero attached hydrogens (tertiary/aromatic N) is 2. The van der Waals surface area contributed by atoms with Crippen LogP contribution in [0.3, 0.4) is 0 Å². The van der Waals surface area contributed by atoms with Gasteiger partial charge in [-0.1, -0.05) is 6.07 Å². The van der Waals surface area contributed by atoms with Gasteiger partial charge in [0.25, 0.3) is 0 Å². The molecule has 2 N–H and O–H groups in total. The summed E-state index contributed by atoms with van der Waals surface area (Å²) in [6, 6.07) is 4.58. The molecule has 1 aromatic heterocycles. The van der Waals surface area contributed by atoms with Crippen LogP contribution >= 0.6 is 0 Å². The topological polar surface area (TPSA) is 51.4 Å². The van der Waals surface area contributed by atoms with Gasteiger partial charge in [-0.3, -0.25) is 4.90 Å². The van der Waals surface area contributed by atoms with Gasteiger partial charge in [0.1, 0.15) is 5.82 Å². The Hall–Kier alpha value is -1.13. The monoisotopic (exact) mass is 221 g/mol. The van der Waals surface area contributed by atoms with E-state index in [0.29, 0.717) is 11.9 Å². The number of rotatable bonds is 3. The van der Waals surface area contributed by atoms with Gasteiger partial charge in [0.2, 0.25) is 0 Å². The van der Waals surface area contributed by atoms with Gasteiger partial charge in [0, 0.05) is 37.6 Å². The first-order valence-electron chi connectivity index (χ1n) is 5.74. The third kappa shape index (κ3) is 2.71. The molecule has 0 atom stereocenters. The van der Waals surface area contributed by atoms with E-state index in [1.54, 1.807) is 6.20 Å². The fraction of sp³-hybridized carbons (Fsp3) is 0.583. The van der Waals surface area contributed by atoms with Crippen molar-refractivity contribution in [1.29, 1.82) is 0 Å². The van der Waals surface area contributed by atoms with Crippen LogP contribution in [0.25, 0.3) is 0 Å². The Labute approximate surface area is 96.4 Å². The summed E-state index contributed by atoms with van der Waals surface area (Å²) >= 11 is 0. The minimum Gasteiger partial charge on any atom is -0.383 e. The van der Waals surface area contributed by atoms with E-state index in [0.717, 1.165) is 38.2 Å². The predicted molar refractivity (Wildman–Crippen MR) is 64.0 cm³/mol. The molecule has 0 saturated carbocycles. The Bertz CT molecular complexity index is 337. The summed E-state index contributed by atoms with van der Waals surface area (Å²) in [4.78, 5) is 6.45. The highest BCUT2D eigenvalue weighted by Crippen LogP contribution is 2.17. The third-order valence-electron chi connectivity index (χ3n) is 3.16. The Morgan fingerprint density at radius 3 is 2.94 bits per heavy atom. The molecule has 4 heteroatoms. The number of aromatic nitrogens is 1. The standard InChI is InChI=1S/C12H19N3O/c1-15(11-4-7-16-8-5-11)9-10-3-2-6-14-12(10)13/h2-3,6,11H,4-5,7-9H2,1H3,(H2,13,14). The maximum Gasteiger partial charge on any atom is 0.127 e. The zero-order valence-corrected chi connectivity index (χ0v) is 9.72. The van der Waals surface area contributed by atoms with Crippen molar-refractivity contribution >= 4 is 5.82 Å². The summed E-state index contributed by atoms with van der Waals surface area (Å²) in [5, 5.41) is 0. The number of anilines is 1. The van der Waals surface area contributed by atoms with Crippen molar-refractivity contribution in [2.75, 3.05) is 26.0 Å². The van der Waals surface area contributed by atoms with Gasteiger partial charge >= 0.3 is 0 Å². The average molecular weight is 221 g/mol. The molecule has 4 nitrogen and oxygen atoms in total. The summed E-state index contributed by atoms with van der Waals surface area (Å²) in [5.41, 5.74) is 6.94. The molecule has 0 bridgehead atoms. The first-order chi connectivity index (χ1) is 7.77. The van der Waals surface area contributed by atoms with E-state index in [4.69, 9.17) is 10.5 Å². The highest BCUT2D eigenvalue weighted by molar-refractivity contribution is 5.38. The van der Waals surface area contributed by atoms with Crippen LogP contribution in [0.15, 0.2) is 18.3 Å². The van der Waals surface area contributed by atoms with Crippen LogP contribution in [-0.4, -0.2) is 36.2 Å². The van der Waals surface area contributed by atoms with E-state index in [-0.39, 0.29) is 0 Å². The van der Waals surface area contributed by atoms with E-state index in [1.165, 1.54) is 0 Å². The lowest BCUT2D eigenvalue weighted by atomic mass is 10.1. The Morgan fingerprint density at radius 2 is 2.25 bits per heavy atom. The molecule has 2 rings (SSSR count). The molecule has 0 spiro atoms. The quantitative estimate of drug-likeness (QED) is 0.835. The first kappa shape index (κ1) is 11.4. The maximum absolute atomic E-state index is 5.84. The fourth-order valence-electron chi connectivity index (χ4n) is 2.11. The second kappa shape index (κ2) is 5.27. The van der Waals surface area contributed by atoms with Crippen molar-refractivity contribution in [1.82, 2.24) is 9.88 Å². The van der Waals surface area contributed by atoms with Gasteiger partial charge in [-0.05, 0) is 26.0 Å². The van der Waals surface area contributed by atoms with E-state index < -0.39 is 0 Å². The van der Waals surface area contributed by atoms with Crippen molar-refractivity contribution in [3.05, 3.63) is 23.9 Å². The van der Waals surface area contributed by atoms with E-state index in [1.807, 2.05) is 12.1 Å². The van der Waals surface area contributed by atoms with Crippen LogP contribution in [0.2, 0.25) is 0 Å². The third-order valence-corrected chi connectivity index (χ3v) is 3.16. The number of ether oxygens (including phenoxy) is 1. The second-order valence-electron chi connectivity index (χ2n) is 4.31. The lowest BCUT2D eigenvalue weighted by Gasteiger charge is -2.31. The first-order valence-corrected chi connectivity index (χ1v) is 5.74. The van der Waals surface area contributed by atoms with Crippen molar-refractivity contribution < 1.29 is 4.74 Å². The summed E-state index contributed by atoms with van der Waals surface area (Å²) in [7, 11) is 2.14. The molecular weight excluding hydrogens is 202 g/mol. The highest BCUT2D eigenvalue weighted by atomic mass is 16.5. The molecule has 1 aliphatic heterocycles. The van der Waals surface area contributed by atoms with Gasteiger partial charge in [0.15, 0.2) is 0 Å². The average Bonchev–Trinajstić information content (AvgIpc) is 2.33. The molecule has 2 heterocycles. The summed E-state index contributed by atoms with van der Waals surface area (Å²) in [5.74, 6) is 0.640. The molecule has 0 aromatic carbocycles. The molecule has 0 amide bonds. The normalized spacial score (nSPS) is 17.9. The molecule has 88 valence electrons. The Kier molecular flexibility index (Phi) is 3.74. The number of nitrogen functional groups attached to an aromatic ring is 1. The largest absolute Gasteiger partial charge is 0.383 e. The predicted octanol–water partition coefficient (Wildman–Crippen LogP) is 1.27. The van der Waals surface area contributed by atoms with Crippen molar-refractivity contribution in [2.24, 2.45) is 0 Å².